The second-order valence-electron chi connectivity index (χ2n) is 3.51. The lowest BCUT2D eigenvalue weighted by Gasteiger charge is -2.17. The lowest BCUT2D eigenvalue weighted by Crippen LogP contribution is -2.15. The lowest BCUT2D eigenvalue weighted by molar-refractivity contribution is 0.350. The number of rotatable bonds is 2. The Morgan fingerprint density at radius 3 is 2.55 bits per heavy atom. The molecule has 0 saturated carbocycles. The molecule has 0 aliphatic carbocycles. The van der Waals surface area contributed by atoms with Crippen LogP contribution in [0.2, 0.25) is 0 Å². The van der Waals surface area contributed by atoms with Crippen molar-refractivity contribution in [3.8, 4) is 0 Å². The number of hydrogen-bond donors (Lipinski definition) is 0. The fourth-order valence-electron chi connectivity index (χ4n) is 0.819. The molecular weight excluding hydrogens is 138 g/mol. The summed E-state index contributed by atoms with van der Waals surface area (Å²) in [4.78, 5) is 4.19. The third-order valence-electron chi connectivity index (χ3n) is 2.08. The summed E-state index contributed by atoms with van der Waals surface area (Å²) in [5.41, 5.74) is 0.0776. The number of aromatic nitrogens is 1. The van der Waals surface area contributed by atoms with Gasteiger partial charge >= 0.3 is 0 Å². The van der Waals surface area contributed by atoms with Crippen molar-refractivity contribution in [2.24, 2.45) is 0 Å². The Kier molecular flexibility index (Phi) is 2.03. The molecule has 0 aliphatic rings. The van der Waals surface area contributed by atoms with Crippen molar-refractivity contribution in [3.05, 3.63) is 17.8 Å². The molecular formula is C9H15NO. The quantitative estimate of drug-likeness (QED) is 0.652. The van der Waals surface area contributed by atoms with E-state index in [0.29, 0.717) is 0 Å². The summed E-state index contributed by atoms with van der Waals surface area (Å²) in [6.07, 6.45) is 2.82. The molecule has 0 fully saturated rings. The van der Waals surface area contributed by atoms with Gasteiger partial charge in [-0.2, -0.15) is 0 Å². The first-order valence-corrected chi connectivity index (χ1v) is 3.99. The van der Waals surface area contributed by atoms with Crippen molar-refractivity contribution in [2.45, 2.75) is 39.5 Å². The van der Waals surface area contributed by atoms with Gasteiger partial charge in [0.2, 0.25) is 0 Å². The summed E-state index contributed by atoms with van der Waals surface area (Å²) in [5, 5.41) is 0. The molecule has 0 atom stereocenters. The van der Waals surface area contributed by atoms with E-state index in [4.69, 9.17) is 4.42 Å². The van der Waals surface area contributed by atoms with Gasteiger partial charge in [-0.25, -0.2) is 4.98 Å². The van der Waals surface area contributed by atoms with E-state index in [-0.39, 0.29) is 5.41 Å². The molecule has 0 saturated heterocycles. The monoisotopic (exact) mass is 153 g/mol. The van der Waals surface area contributed by atoms with Gasteiger partial charge in [0, 0.05) is 5.41 Å². The zero-order valence-electron chi connectivity index (χ0n) is 7.64. The van der Waals surface area contributed by atoms with Crippen molar-refractivity contribution in [1.82, 2.24) is 4.98 Å². The van der Waals surface area contributed by atoms with Gasteiger partial charge in [0.05, 0.1) is 6.20 Å². The molecule has 62 valence electrons. The predicted molar refractivity (Wildman–Crippen MR) is 44.6 cm³/mol. The Morgan fingerprint density at radius 1 is 1.55 bits per heavy atom. The first-order valence-electron chi connectivity index (χ1n) is 3.99. The fourth-order valence-corrected chi connectivity index (χ4v) is 0.819. The van der Waals surface area contributed by atoms with Crippen molar-refractivity contribution in [2.75, 3.05) is 0 Å². The van der Waals surface area contributed by atoms with Crippen LogP contribution in [0, 0.1) is 6.92 Å². The third kappa shape index (κ3) is 1.62. The SMILES string of the molecule is CCC(C)(C)c1ncc(C)o1. The standard InChI is InChI=1S/C9H15NO/c1-5-9(3,4)8-10-6-7(2)11-8/h6H,5H2,1-4H3. The molecule has 0 spiro atoms. The first kappa shape index (κ1) is 8.31. The molecule has 1 aromatic rings. The van der Waals surface area contributed by atoms with Crippen LogP contribution in [0.15, 0.2) is 10.6 Å². The second kappa shape index (κ2) is 2.68. The van der Waals surface area contributed by atoms with E-state index in [9.17, 15) is 0 Å². The molecule has 0 radical (unpaired) electrons. The Balaban J connectivity index is 2.92. The van der Waals surface area contributed by atoms with Gasteiger partial charge in [0.25, 0.3) is 0 Å². The van der Waals surface area contributed by atoms with Gasteiger partial charge in [0.15, 0.2) is 5.89 Å². The first-order chi connectivity index (χ1) is 5.06. The highest BCUT2D eigenvalue weighted by Crippen LogP contribution is 2.25. The van der Waals surface area contributed by atoms with Crippen LogP contribution in [-0.4, -0.2) is 4.98 Å². The van der Waals surface area contributed by atoms with Crippen molar-refractivity contribution in [1.29, 1.82) is 0 Å². The van der Waals surface area contributed by atoms with Crippen LogP contribution in [0.4, 0.5) is 0 Å². The van der Waals surface area contributed by atoms with Crippen LogP contribution in [0.3, 0.4) is 0 Å². The average Bonchev–Trinajstić information content (AvgIpc) is 2.36. The highest BCUT2D eigenvalue weighted by atomic mass is 16.4. The molecule has 2 nitrogen and oxygen atoms in total. The van der Waals surface area contributed by atoms with Gasteiger partial charge < -0.3 is 4.42 Å². The predicted octanol–water partition coefficient (Wildman–Crippen LogP) is 2.67. The topological polar surface area (TPSA) is 26.0 Å². The third-order valence-corrected chi connectivity index (χ3v) is 2.08. The highest BCUT2D eigenvalue weighted by molar-refractivity contribution is 5.02. The van der Waals surface area contributed by atoms with E-state index in [1.54, 1.807) is 6.20 Å². The highest BCUT2D eigenvalue weighted by Gasteiger charge is 2.23. The smallest absolute Gasteiger partial charge is 0.199 e. The van der Waals surface area contributed by atoms with Crippen LogP contribution in [0.1, 0.15) is 38.8 Å². The Morgan fingerprint density at radius 2 is 2.18 bits per heavy atom. The second-order valence-corrected chi connectivity index (χ2v) is 3.51. The van der Waals surface area contributed by atoms with Gasteiger partial charge in [-0.15, -0.1) is 0 Å². The molecule has 0 amide bonds. The largest absolute Gasteiger partial charge is 0.445 e. The Labute approximate surface area is 67.6 Å². The maximum atomic E-state index is 5.43. The molecule has 0 N–H and O–H groups in total. The maximum Gasteiger partial charge on any atom is 0.199 e. The summed E-state index contributed by atoms with van der Waals surface area (Å²) >= 11 is 0. The number of aryl methyl sites for hydroxylation is 1. The zero-order chi connectivity index (χ0) is 8.48. The van der Waals surface area contributed by atoms with Crippen LogP contribution in [0.25, 0.3) is 0 Å². The van der Waals surface area contributed by atoms with Crippen LogP contribution >= 0.6 is 0 Å². The van der Waals surface area contributed by atoms with E-state index in [0.717, 1.165) is 18.1 Å². The lowest BCUT2D eigenvalue weighted by atomic mass is 9.90. The zero-order valence-corrected chi connectivity index (χ0v) is 7.64. The maximum absolute atomic E-state index is 5.43. The molecule has 11 heavy (non-hydrogen) atoms. The average molecular weight is 153 g/mol. The number of oxazole rings is 1. The van der Waals surface area contributed by atoms with E-state index >= 15 is 0 Å². The Bertz CT molecular complexity index is 237. The van der Waals surface area contributed by atoms with Crippen LogP contribution < -0.4 is 0 Å². The molecule has 0 aliphatic heterocycles. The van der Waals surface area contributed by atoms with E-state index in [1.807, 2.05) is 6.92 Å². The molecule has 2 heteroatoms. The fraction of sp³-hybridized carbons (Fsp3) is 0.667. The van der Waals surface area contributed by atoms with Gasteiger partial charge in [-0.1, -0.05) is 20.8 Å². The van der Waals surface area contributed by atoms with E-state index < -0.39 is 0 Å². The van der Waals surface area contributed by atoms with E-state index in [2.05, 4.69) is 25.8 Å². The summed E-state index contributed by atoms with van der Waals surface area (Å²) < 4.78 is 5.43. The van der Waals surface area contributed by atoms with E-state index in [1.165, 1.54) is 0 Å². The minimum Gasteiger partial charge on any atom is -0.445 e. The molecule has 0 aromatic carbocycles. The summed E-state index contributed by atoms with van der Waals surface area (Å²) in [7, 11) is 0. The normalized spacial score (nSPS) is 12.0. The van der Waals surface area contributed by atoms with Gasteiger partial charge in [-0.05, 0) is 13.3 Å². The minimum atomic E-state index is 0.0776. The van der Waals surface area contributed by atoms with Crippen molar-refractivity contribution < 1.29 is 4.42 Å². The summed E-state index contributed by atoms with van der Waals surface area (Å²) in [5.74, 6) is 1.74. The molecule has 0 unspecified atom stereocenters. The minimum absolute atomic E-state index is 0.0776. The van der Waals surface area contributed by atoms with Gasteiger partial charge in [-0.3, -0.25) is 0 Å². The molecule has 1 rings (SSSR count). The molecule has 1 heterocycles. The van der Waals surface area contributed by atoms with Crippen LogP contribution in [-0.2, 0) is 5.41 Å². The van der Waals surface area contributed by atoms with Crippen LogP contribution in [0.5, 0.6) is 0 Å². The molecule has 0 bridgehead atoms. The van der Waals surface area contributed by atoms with Crippen molar-refractivity contribution >= 4 is 0 Å². The Hall–Kier alpha value is -0.790. The number of nitrogens with zero attached hydrogens (tertiary/aromatic N) is 1. The summed E-state index contributed by atoms with van der Waals surface area (Å²) in [6, 6.07) is 0. The number of hydrogen-bond acceptors (Lipinski definition) is 2. The van der Waals surface area contributed by atoms with Gasteiger partial charge in [0.1, 0.15) is 5.76 Å². The van der Waals surface area contributed by atoms with Crippen molar-refractivity contribution in [3.63, 3.8) is 0 Å². The molecule has 1 aromatic heterocycles. The summed E-state index contributed by atoms with van der Waals surface area (Å²) in [6.45, 7) is 8.33.